The van der Waals surface area contributed by atoms with Gasteiger partial charge in [0, 0.05) is 87.7 Å². The van der Waals surface area contributed by atoms with E-state index in [2.05, 4.69) is 334 Å². The van der Waals surface area contributed by atoms with Gasteiger partial charge in [-0.25, -0.2) is 9.97 Å². The lowest BCUT2D eigenvalue weighted by Gasteiger charge is -2.17. The molecule has 19 rings (SSSR count). The number of hydrogen-bond donors (Lipinski definition) is 0. The number of benzene rings is 14. The van der Waals surface area contributed by atoms with Crippen LogP contribution in [0.1, 0.15) is 0 Å². The number of nitrogens with zero attached hydrogens (tertiary/aromatic N) is 6. The van der Waals surface area contributed by atoms with Crippen LogP contribution in [0, 0.1) is 0 Å². The van der Waals surface area contributed by atoms with Crippen LogP contribution in [-0.2, 0) is 0 Å². The van der Waals surface area contributed by atoms with Crippen molar-refractivity contribution in [3.8, 4) is 67.6 Å². The predicted octanol–water partition coefficient (Wildman–Crippen LogP) is 21.8. The van der Waals surface area contributed by atoms with E-state index in [0.29, 0.717) is 5.82 Å². The Bertz CT molecular complexity index is 5850. The molecule has 0 bridgehead atoms. The lowest BCUT2D eigenvalue weighted by Crippen LogP contribution is -2.02. The molecular weight excluding hydrogens is 1090 g/mol. The van der Waals surface area contributed by atoms with Crippen LogP contribution in [0.4, 0.5) is 0 Å². The number of rotatable bonds is 8. The van der Waals surface area contributed by atoms with Crippen LogP contribution in [0.2, 0.25) is 0 Å². The topological polar surface area (TPSA) is 45.5 Å². The fourth-order valence-electron chi connectivity index (χ4n) is 14.7. The first-order valence-electron chi connectivity index (χ1n) is 30.8. The highest BCUT2D eigenvalue weighted by molar-refractivity contribution is 6.16. The molecule has 6 heteroatoms. The standard InChI is InChI=1S/C84H52N6/c1-4-21-54(22-5-1)84-85-82(71-43-36-53-20-10-11-27-64(53)83(71)86-84)59-46-62(89-74-32-16-12-28-65(74)69-41-37-57(50-80(69)89)55-39-44-78-72(48-55)67-30-14-18-34-76(67)87(78)60-23-6-2-7-24-60)52-63(47-59)90-75-33-17-13-29-66(75)70-42-38-58(51-81(70)90)56-40-45-79-73(49-56)68-31-15-19-35-77(68)88(79)61-25-8-3-9-26-61/h1-52H. The van der Waals surface area contributed by atoms with Crippen LogP contribution in [0.25, 0.3) is 177 Å². The summed E-state index contributed by atoms with van der Waals surface area (Å²) in [6, 6.07) is 115. The molecule has 0 amide bonds. The van der Waals surface area contributed by atoms with E-state index in [0.717, 1.165) is 106 Å². The van der Waals surface area contributed by atoms with Gasteiger partial charge in [-0.1, -0.05) is 206 Å². The average Bonchev–Trinajstić information content (AvgIpc) is 1.68. The summed E-state index contributed by atoms with van der Waals surface area (Å²) in [6.45, 7) is 0. The molecule has 14 aromatic carbocycles. The van der Waals surface area contributed by atoms with Gasteiger partial charge in [-0.3, -0.25) is 0 Å². The Kier molecular flexibility index (Phi) is 11.0. The van der Waals surface area contributed by atoms with Gasteiger partial charge in [-0.2, -0.15) is 0 Å². The quantitative estimate of drug-likeness (QED) is 0.142. The van der Waals surface area contributed by atoms with Gasteiger partial charge in [-0.05, 0) is 137 Å². The molecule has 19 aromatic rings. The second-order valence-electron chi connectivity index (χ2n) is 23.7. The number of aromatic nitrogens is 6. The molecule has 0 aliphatic carbocycles. The molecule has 0 unspecified atom stereocenters. The van der Waals surface area contributed by atoms with Crippen molar-refractivity contribution in [2.45, 2.75) is 0 Å². The van der Waals surface area contributed by atoms with Crippen molar-refractivity contribution >= 4 is 109 Å². The van der Waals surface area contributed by atoms with Crippen LogP contribution >= 0.6 is 0 Å². The molecule has 0 spiro atoms. The van der Waals surface area contributed by atoms with Gasteiger partial charge in [0.1, 0.15) is 0 Å². The molecular formula is C84H52N6. The number of para-hydroxylation sites is 6. The molecule has 90 heavy (non-hydrogen) atoms. The Morgan fingerprint density at radius 2 is 0.556 bits per heavy atom. The molecule has 0 fully saturated rings. The summed E-state index contributed by atoms with van der Waals surface area (Å²) < 4.78 is 9.74. The van der Waals surface area contributed by atoms with Crippen molar-refractivity contribution in [3.05, 3.63) is 315 Å². The first-order chi connectivity index (χ1) is 44.6. The van der Waals surface area contributed by atoms with Gasteiger partial charge in [0.15, 0.2) is 5.82 Å². The summed E-state index contributed by atoms with van der Waals surface area (Å²) >= 11 is 0. The largest absolute Gasteiger partial charge is 0.309 e. The monoisotopic (exact) mass is 1140 g/mol. The zero-order valence-electron chi connectivity index (χ0n) is 48.7. The fourth-order valence-corrected chi connectivity index (χ4v) is 14.7. The van der Waals surface area contributed by atoms with Crippen LogP contribution in [-0.4, -0.2) is 28.2 Å². The summed E-state index contributed by atoms with van der Waals surface area (Å²) in [6.07, 6.45) is 0. The van der Waals surface area contributed by atoms with Gasteiger partial charge in [0.05, 0.1) is 55.3 Å². The van der Waals surface area contributed by atoms with Crippen LogP contribution in [0.3, 0.4) is 0 Å². The summed E-state index contributed by atoms with van der Waals surface area (Å²) in [5.74, 6) is 0.678. The van der Waals surface area contributed by atoms with Gasteiger partial charge in [0.25, 0.3) is 0 Å². The zero-order chi connectivity index (χ0) is 59.0. The molecule has 0 atom stereocenters. The first kappa shape index (κ1) is 50.1. The molecule has 0 radical (unpaired) electrons. The van der Waals surface area contributed by atoms with E-state index in [1.807, 2.05) is 0 Å². The third-order valence-corrected chi connectivity index (χ3v) is 18.7. The minimum absolute atomic E-state index is 0.678. The lowest BCUT2D eigenvalue weighted by molar-refractivity contribution is 1.13. The van der Waals surface area contributed by atoms with E-state index in [9.17, 15) is 0 Å². The summed E-state index contributed by atoms with van der Waals surface area (Å²) in [5, 5.41) is 12.8. The summed E-state index contributed by atoms with van der Waals surface area (Å²) in [7, 11) is 0. The van der Waals surface area contributed by atoms with Gasteiger partial charge < -0.3 is 18.3 Å². The maximum atomic E-state index is 5.65. The smallest absolute Gasteiger partial charge is 0.160 e. The Balaban J connectivity index is 0.869. The molecule has 0 aliphatic heterocycles. The van der Waals surface area contributed by atoms with E-state index in [-0.39, 0.29) is 0 Å². The molecule has 0 N–H and O–H groups in total. The maximum absolute atomic E-state index is 5.65. The van der Waals surface area contributed by atoms with Gasteiger partial charge in [0.2, 0.25) is 0 Å². The van der Waals surface area contributed by atoms with Gasteiger partial charge >= 0.3 is 0 Å². The Morgan fingerprint density at radius 3 is 1.06 bits per heavy atom. The van der Waals surface area contributed by atoms with Crippen molar-refractivity contribution in [3.63, 3.8) is 0 Å². The van der Waals surface area contributed by atoms with E-state index >= 15 is 0 Å². The highest BCUT2D eigenvalue weighted by Gasteiger charge is 2.23. The zero-order valence-corrected chi connectivity index (χ0v) is 48.7. The third-order valence-electron chi connectivity index (χ3n) is 18.7. The second kappa shape index (κ2) is 19.7. The average molecular weight is 1150 g/mol. The Morgan fingerprint density at radius 1 is 0.189 bits per heavy atom. The highest BCUT2D eigenvalue weighted by Crippen LogP contribution is 2.44. The van der Waals surface area contributed by atoms with Crippen LogP contribution < -0.4 is 0 Å². The van der Waals surface area contributed by atoms with E-state index in [1.54, 1.807) is 0 Å². The fraction of sp³-hybridized carbons (Fsp3) is 0. The second-order valence-corrected chi connectivity index (χ2v) is 23.7. The van der Waals surface area contributed by atoms with Crippen molar-refractivity contribution in [2.24, 2.45) is 0 Å². The molecule has 6 nitrogen and oxygen atoms in total. The van der Waals surface area contributed by atoms with Gasteiger partial charge in [-0.15, -0.1) is 0 Å². The Labute approximate surface area is 517 Å². The minimum atomic E-state index is 0.678. The van der Waals surface area contributed by atoms with E-state index in [1.165, 1.54) is 65.2 Å². The minimum Gasteiger partial charge on any atom is -0.309 e. The summed E-state index contributed by atoms with van der Waals surface area (Å²) in [4.78, 5) is 11.1. The molecule has 0 saturated heterocycles. The van der Waals surface area contributed by atoms with Crippen molar-refractivity contribution in [1.82, 2.24) is 28.2 Å². The normalized spacial score (nSPS) is 12.0. The molecule has 5 aromatic heterocycles. The molecule has 0 aliphatic rings. The first-order valence-corrected chi connectivity index (χ1v) is 30.8. The maximum Gasteiger partial charge on any atom is 0.160 e. The van der Waals surface area contributed by atoms with E-state index in [4.69, 9.17) is 9.97 Å². The third kappa shape index (κ3) is 7.65. The summed E-state index contributed by atoms with van der Waals surface area (Å²) in [5.41, 5.74) is 21.8. The van der Waals surface area contributed by atoms with Crippen molar-refractivity contribution < 1.29 is 0 Å². The van der Waals surface area contributed by atoms with Crippen LogP contribution in [0.5, 0.6) is 0 Å². The number of fused-ring (bicyclic) bond motifs is 15. The predicted molar refractivity (Wildman–Crippen MR) is 376 cm³/mol. The Hall–Kier alpha value is -12.1. The highest BCUT2D eigenvalue weighted by atomic mass is 15.0. The van der Waals surface area contributed by atoms with Crippen molar-refractivity contribution in [1.29, 1.82) is 0 Å². The van der Waals surface area contributed by atoms with Crippen LogP contribution in [0.15, 0.2) is 315 Å². The number of hydrogen-bond acceptors (Lipinski definition) is 2. The lowest BCUT2D eigenvalue weighted by atomic mass is 10.00. The molecule has 0 saturated carbocycles. The van der Waals surface area contributed by atoms with Crippen molar-refractivity contribution in [2.75, 3.05) is 0 Å². The SMILES string of the molecule is c1ccc(-c2nc(-c3cc(-n4c5ccccc5c5ccc(-c6ccc7c(c6)c6ccccc6n7-c6ccccc6)cc54)cc(-n4c5ccccc5c5ccc(-c6ccc7c(c6)c6ccccc6n7-c6ccccc6)cc54)c3)c3ccc4ccccc4c3n2)cc1. The molecule has 5 heterocycles. The van der Waals surface area contributed by atoms with E-state index < -0.39 is 0 Å². The molecule has 418 valence electrons.